The molecule has 5 nitrogen and oxygen atoms in total. The predicted octanol–water partition coefficient (Wildman–Crippen LogP) is 3.72. The predicted molar refractivity (Wildman–Crippen MR) is 112 cm³/mol. The molecule has 1 saturated heterocycles. The quantitative estimate of drug-likeness (QED) is 0.727. The topological polar surface area (TPSA) is 58.6 Å². The molecule has 1 aliphatic heterocycles. The molecule has 0 saturated carbocycles. The van der Waals surface area contributed by atoms with Crippen LogP contribution in [-0.2, 0) is 20.9 Å². The highest BCUT2D eigenvalue weighted by molar-refractivity contribution is 6.00. The molecule has 146 valence electrons. The number of anilines is 1. The molecule has 4 rings (SSSR count). The molecule has 0 aromatic heterocycles. The molecule has 1 N–H and O–H groups in total. The van der Waals surface area contributed by atoms with E-state index < -0.39 is 6.04 Å². The molecule has 5 heteroatoms. The van der Waals surface area contributed by atoms with Crippen molar-refractivity contribution in [2.45, 2.75) is 12.6 Å². The zero-order chi connectivity index (χ0) is 20.1. The third kappa shape index (κ3) is 4.36. The van der Waals surface area contributed by atoms with Gasteiger partial charge in [-0.1, -0.05) is 78.9 Å². The Morgan fingerprint density at radius 3 is 2.34 bits per heavy atom. The number of benzene rings is 3. The molecule has 0 aliphatic carbocycles. The molecule has 0 spiro atoms. The van der Waals surface area contributed by atoms with Gasteiger partial charge >= 0.3 is 0 Å². The van der Waals surface area contributed by atoms with Gasteiger partial charge in [-0.05, 0) is 17.2 Å². The number of amides is 2. The highest BCUT2D eigenvalue weighted by Gasteiger charge is 2.34. The molecular weight excluding hydrogens is 364 g/mol. The first-order valence-electron chi connectivity index (χ1n) is 9.59. The van der Waals surface area contributed by atoms with Gasteiger partial charge in [0.1, 0.15) is 12.6 Å². The summed E-state index contributed by atoms with van der Waals surface area (Å²) < 4.78 is 5.38. The number of nitrogens with zero attached hydrogens (tertiary/aromatic N) is 1. The Balaban J connectivity index is 1.56. The van der Waals surface area contributed by atoms with Crippen LogP contribution in [0.3, 0.4) is 0 Å². The Morgan fingerprint density at radius 1 is 0.931 bits per heavy atom. The van der Waals surface area contributed by atoms with E-state index in [2.05, 4.69) is 5.32 Å². The van der Waals surface area contributed by atoms with Crippen LogP contribution >= 0.6 is 0 Å². The van der Waals surface area contributed by atoms with E-state index in [0.29, 0.717) is 12.2 Å². The number of morpholine rings is 1. The van der Waals surface area contributed by atoms with E-state index in [1.807, 2.05) is 84.9 Å². The molecule has 0 unspecified atom stereocenters. The zero-order valence-corrected chi connectivity index (χ0v) is 16.0. The molecule has 2 amide bonds. The summed E-state index contributed by atoms with van der Waals surface area (Å²) in [6.07, 6.45) is 0. The van der Waals surface area contributed by atoms with E-state index in [0.717, 1.165) is 16.7 Å². The van der Waals surface area contributed by atoms with Crippen LogP contribution in [0.4, 0.5) is 5.69 Å². The van der Waals surface area contributed by atoms with Gasteiger partial charge < -0.3 is 15.0 Å². The molecule has 3 aromatic rings. The molecule has 0 radical (unpaired) electrons. The second-order valence-corrected chi connectivity index (χ2v) is 6.94. The van der Waals surface area contributed by atoms with E-state index in [9.17, 15) is 9.59 Å². The van der Waals surface area contributed by atoms with Crippen molar-refractivity contribution in [1.29, 1.82) is 0 Å². The van der Waals surface area contributed by atoms with Gasteiger partial charge in [0.25, 0.3) is 0 Å². The summed E-state index contributed by atoms with van der Waals surface area (Å²) in [6.45, 7) is 0.552. The number of carbonyl (C=O) groups excluding carboxylic acids is 2. The SMILES string of the molecule is O=C(Nc1ccccc1-c1ccccc1)[C@@H]1COCC(=O)N1Cc1ccccc1. The third-order valence-electron chi connectivity index (χ3n) is 4.97. The molecule has 0 bridgehead atoms. The van der Waals surface area contributed by atoms with Crippen LogP contribution in [0.5, 0.6) is 0 Å². The van der Waals surface area contributed by atoms with Crippen molar-refractivity contribution in [2.24, 2.45) is 0 Å². The number of carbonyl (C=O) groups is 2. The minimum Gasteiger partial charge on any atom is -0.369 e. The van der Waals surface area contributed by atoms with Gasteiger partial charge in [-0.3, -0.25) is 9.59 Å². The summed E-state index contributed by atoms with van der Waals surface area (Å²) in [5.41, 5.74) is 3.63. The molecule has 29 heavy (non-hydrogen) atoms. The number of ether oxygens (including phenoxy) is 1. The standard InChI is InChI=1S/C24H22N2O3/c27-23-17-29-16-22(26(23)15-18-9-3-1-4-10-18)24(28)25-21-14-8-7-13-20(21)19-11-5-2-6-12-19/h1-14,22H,15-17H2,(H,25,28)/t22-/m0/s1. The summed E-state index contributed by atoms with van der Waals surface area (Å²) in [6, 6.07) is 26.5. The lowest BCUT2D eigenvalue weighted by molar-refractivity contribution is -0.154. The van der Waals surface area contributed by atoms with Crippen LogP contribution in [0.25, 0.3) is 11.1 Å². The first-order valence-corrected chi connectivity index (χ1v) is 9.59. The van der Waals surface area contributed by atoms with Crippen molar-refractivity contribution < 1.29 is 14.3 Å². The van der Waals surface area contributed by atoms with Crippen molar-refractivity contribution in [3.05, 3.63) is 90.5 Å². The average molecular weight is 386 g/mol. The van der Waals surface area contributed by atoms with Gasteiger partial charge in [-0.15, -0.1) is 0 Å². The molecule has 3 aromatic carbocycles. The highest BCUT2D eigenvalue weighted by Crippen LogP contribution is 2.28. The Morgan fingerprint density at radius 2 is 1.59 bits per heavy atom. The lowest BCUT2D eigenvalue weighted by Gasteiger charge is -2.34. The summed E-state index contributed by atoms with van der Waals surface area (Å²) >= 11 is 0. The minimum absolute atomic E-state index is 0.00276. The Kier molecular flexibility index (Phi) is 5.68. The van der Waals surface area contributed by atoms with E-state index in [1.165, 1.54) is 0 Å². The lowest BCUT2D eigenvalue weighted by Crippen LogP contribution is -2.54. The molecule has 1 fully saturated rings. The fraction of sp³-hybridized carbons (Fsp3) is 0.167. The number of nitrogens with one attached hydrogen (secondary N) is 1. The fourth-order valence-electron chi connectivity index (χ4n) is 3.48. The fourth-order valence-corrected chi connectivity index (χ4v) is 3.48. The van der Waals surface area contributed by atoms with Crippen molar-refractivity contribution in [3.8, 4) is 11.1 Å². The van der Waals surface area contributed by atoms with Crippen molar-refractivity contribution >= 4 is 17.5 Å². The van der Waals surface area contributed by atoms with Crippen molar-refractivity contribution in [1.82, 2.24) is 4.90 Å². The van der Waals surface area contributed by atoms with Crippen molar-refractivity contribution in [2.75, 3.05) is 18.5 Å². The molecule has 1 heterocycles. The van der Waals surface area contributed by atoms with E-state index >= 15 is 0 Å². The van der Waals surface area contributed by atoms with Crippen LogP contribution in [0.15, 0.2) is 84.9 Å². The minimum atomic E-state index is -0.680. The number of hydrogen-bond acceptors (Lipinski definition) is 3. The van der Waals surface area contributed by atoms with E-state index in [1.54, 1.807) is 4.90 Å². The van der Waals surface area contributed by atoms with Crippen LogP contribution < -0.4 is 5.32 Å². The monoisotopic (exact) mass is 386 g/mol. The first-order chi connectivity index (χ1) is 14.2. The summed E-state index contributed by atoms with van der Waals surface area (Å²) in [5.74, 6) is -0.436. The molecule has 1 atom stereocenters. The van der Waals surface area contributed by atoms with Gasteiger partial charge in [-0.25, -0.2) is 0 Å². The van der Waals surface area contributed by atoms with Gasteiger partial charge in [0.2, 0.25) is 11.8 Å². The summed E-state index contributed by atoms with van der Waals surface area (Å²) in [5, 5.41) is 3.00. The van der Waals surface area contributed by atoms with Gasteiger partial charge in [-0.2, -0.15) is 0 Å². The summed E-state index contributed by atoms with van der Waals surface area (Å²) in [4.78, 5) is 27.2. The van der Waals surface area contributed by atoms with Crippen molar-refractivity contribution in [3.63, 3.8) is 0 Å². The Bertz CT molecular complexity index is 989. The Labute approximate surface area is 169 Å². The van der Waals surface area contributed by atoms with E-state index in [4.69, 9.17) is 4.74 Å². The largest absolute Gasteiger partial charge is 0.369 e. The number of rotatable bonds is 5. The normalized spacial score (nSPS) is 16.5. The number of para-hydroxylation sites is 1. The zero-order valence-electron chi connectivity index (χ0n) is 16.0. The van der Waals surface area contributed by atoms with Gasteiger partial charge in [0.15, 0.2) is 0 Å². The second kappa shape index (κ2) is 8.71. The number of hydrogen-bond donors (Lipinski definition) is 1. The van der Waals surface area contributed by atoms with Crippen LogP contribution in [0, 0.1) is 0 Å². The highest BCUT2D eigenvalue weighted by atomic mass is 16.5. The molecule has 1 aliphatic rings. The maximum Gasteiger partial charge on any atom is 0.249 e. The first kappa shape index (κ1) is 18.9. The molecular formula is C24H22N2O3. The van der Waals surface area contributed by atoms with E-state index in [-0.39, 0.29) is 25.0 Å². The van der Waals surface area contributed by atoms with Crippen LogP contribution in [0.2, 0.25) is 0 Å². The average Bonchev–Trinajstić information content (AvgIpc) is 2.77. The summed E-state index contributed by atoms with van der Waals surface area (Å²) in [7, 11) is 0. The second-order valence-electron chi connectivity index (χ2n) is 6.94. The van der Waals surface area contributed by atoms with Crippen LogP contribution in [-0.4, -0.2) is 36.0 Å². The Hall–Kier alpha value is -3.44. The van der Waals surface area contributed by atoms with Crippen LogP contribution in [0.1, 0.15) is 5.56 Å². The smallest absolute Gasteiger partial charge is 0.249 e. The third-order valence-corrected chi connectivity index (χ3v) is 4.97. The van der Waals surface area contributed by atoms with Gasteiger partial charge in [0.05, 0.1) is 6.61 Å². The van der Waals surface area contributed by atoms with Gasteiger partial charge in [0, 0.05) is 17.8 Å². The maximum absolute atomic E-state index is 13.1. The lowest BCUT2D eigenvalue weighted by atomic mass is 10.0. The maximum atomic E-state index is 13.1.